The van der Waals surface area contributed by atoms with Gasteiger partial charge >= 0.3 is 6.18 Å². The summed E-state index contributed by atoms with van der Waals surface area (Å²) in [6, 6.07) is 6.77. The van der Waals surface area contributed by atoms with Crippen molar-refractivity contribution < 1.29 is 18.0 Å². The fourth-order valence-electron chi connectivity index (χ4n) is 1.57. The van der Waals surface area contributed by atoms with Gasteiger partial charge in [0.2, 0.25) is 0 Å². The molecule has 0 aliphatic carbocycles. The highest BCUT2D eigenvalue weighted by Crippen LogP contribution is 2.27. The molecule has 7 heteroatoms. The largest absolute Gasteiger partial charge is 0.433 e. The summed E-state index contributed by atoms with van der Waals surface area (Å²) in [5.74, 6) is -0.559. The van der Waals surface area contributed by atoms with Crippen LogP contribution in [0.15, 0.2) is 36.5 Å². The number of carbonyl (C=O) groups is 1. The minimum atomic E-state index is -4.53. The van der Waals surface area contributed by atoms with E-state index in [0.29, 0.717) is 10.7 Å². The molecule has 0 atom stereocenters. The quantitative estimate of drug-likeness (QED) is 0.897. The molecule has 0 spiro atoms. The van der Waals surface area contributed by atoms with E-state index in [0.717, 1.165) is 23.9 Å². The molecule has 1 amide bonds. The van der Waals surface area contributed by atoms with Gasteiger partial charge in [0.05, 0.1) is 5.56 Å². The number of halogens is 4. The molecule has 1 N–H and O–H groups in total. The highest BCUT2D eigenvalue weighted by Gasteiger charge is 2.32. The molecule has 0 saturated heterocycles. The number of hydrogen-bond donors (Lipinski definition) is 1. The lowest BCUT2D eigenvalue weighted by atomic mass is 10.2. The molecule has 1 heterocycles. The van der Waals surface area contributed by atoms with Crippen molar-refractivity contribution in [2.24, 2.45) is 0 Å². The molecule has 0 aliphatic heterocycles. The van der Waals surface area contributed by atoms with Crippen molar-refractivity contribution in [2.45, 2.75) is 13.1 Å². The summed E-state index contributed by atoms with van der Waals surface area (Å²) >= 11 is 5.93. The van der Waals surface area contributed by atoms with Crippen molar-refractivity contribution in [1.29, 1.82) is 0 Å². The van der Waals surface area contributed by atoms with E-state index in [-0.39, 0.29) is 5.56 Å². The number of nitrogens with one attached hydrogen (secondary N) is 1. The third-order valence-corrected chi connectivity index (χ3v) is 3.15. The summed E-state index contributed by atoms with van der Waals surface area (Å²) in [7, 11) is 0. The molecule has 3 nitrogen and oxygen atoms in total. The van der Waals surface area contributed by atoms with Gasteiger partial charge in [-0.3, -0.25) is 9.78 Å². The second-order valence-corrected chi connectivity index (χ2v) is 4.76. The van der Waals surface area contributed by atoms with Gasteiger partial charge in [0.1, 0.15) is 5.69 Å². The van der Waals surface area contributed by atoms with Crippen LogP contribution in [0.1, 0.15) is 21.6 Å². The Hall–Kier alpha value is -2.08. The van der Waals surface area contributed by atoms with Gasteiger partial charge in [0.25, 0.3) is 5.91 Å². The van der Waals surface area contributed by atoms with Crippen LogP contribution in [-0.4, -0.2) is 10.9 Å². The lowest BCUT2D eigenvalue weighted by Gasteiger charge is -2.08. The normalized spacial score (nSPS) is 11.3. The first-order valence-corrected chi connectivity index (χ1v) is 6.26. The van der Waals surface area contributed by atoms with Crippen LogP contribution in [0.4, 0.5) is 18.9 Å². The van der Waals surface area contributed by atoms with Crippen molar-refractivity contribution in [3.05, 3.63) is 58.4 Å². The minimum Gasteiger partial charge on any atom is -0.322 e. The predicted molar refractivity (Wildman–Crippen MR) is 73.4 cm³/mol. The van der Waals surface area contributed by atoms with Gasteiger partial charge in [-0.05, 0) is 36.8 Å². The van der Waals surface area contributed by atoms with Crippen LogP contribution in [0, 0.1) is 6.92 Å². The lowest BCUT2D eigenvalue weighted by molar-refractivity contribution is -0.141. The van der Waals surface area contributed by atoms with Gasteiger partial charge in [-0.15, -0.1) is 0 Å². The molecule has 1 aromatic carbocycles. The minimum absolute atomic E-state index is 0.0275. The Kier molecular flexibility index (Phi) is 4.18. The topological polar surface area (TPSA) is 42.0 Å². The first kappa shape index (κ1) is 15.3. The second-order valence-electron chi connectivity index (χ2n) is 4.35. The molecule has 110 valence electrons. The average Bonchev–Trinajstić information content (AvgIpc) is 2.42. The Morgan fingerprint density at radius 2 is 1.95 bits per heavy atom. The van der Waals surface area contributed by atoms with Gasteiger partial charge in [-0.25, -0.2) is 0 Å². The molecule has 1 aromatic heterocycles. The monoisotopic (exact) mass is 314 g/mol. The zero-order valence-electron chi connectivity index (χ0n) is 10.8. The Morgan fingerprint density at radius 3 is 2.48 bits per heavy atom. The summed E-state index contributed by atoms with van der Waals surface area (Å²) in [5.41, 5.74) is 0.290. The van der Waals surface area contributed by atoms with Crippen LogP contribution in [0.3, 0.4) is 0 Å². The van der Waals surface area contributed by atoms with E-state index in [2.05, 4.69) is 10.3 Å². The van der Waals surface area contributed by atoms with Gasteiger partial charge in [0.15, 0.2) is 0 Å². The third kappa shape index (κ3) is 3.72. The number of carbonyl (C=O) groups excluding carboxylic acids is 1. The number of aryl methyl sites for hydroxylation is 1. The van der Waals surface area contributed by atoms with Crippen molar-refractivity contribution >= 4 is 23.2 Å². The Morgan fingerprint density at radius 1 is 1.24 bits per heavy atom. The summed E-state index contributed by atoms with van der Waals surface area (Å²) < 4.78 is 37.1. The molecule has 0 radical (unpaired) electrons. The van der Waals surface area contributed by atoms with E-state index in [9.17, 15) is 18.0 Å². The number of amides is 1. The zero-order valence-corrected chi connectivity index (χ0v) is 11.6. The first-order chi connectivity index (χ1) is 9.77. The summed E-state index contributed by atoms with van der Waals surface area (Å²) in [4.78, 5) is 15.1. The van der Waals surface area contributed by atoms with E-state index >= 15 is 0 Å². The predicted octanol–water partition coefficient (Wildman–Crippen LogP) is 4.31. The summed E-state index contributed by atoms with van der Waals surface area (Å²) in [6.45, 7) is 1.81. The van der Waals surface area contributed by atoms with Crippen molar-refractivity contribution in [3.8, 4) is 0 Å². The SMILES string of the molecule is Cc1ccc(NC(=O)c2ccc(C(F)(F)F)nc2)cc1Cl. The number of pyridine rings is 1. The number of benzene rings is 1. The molecular weight excluding hydrogens is 305 g/mol. The van der Waals surface area contributed by atoms with Crippen molar-refractivity contribution in [3.63, 3.8) is 0 Å². The van der Waals surface area contributed by atoms with E-state index < -0.39 is 17.8 Å². The first-order valence-electron chi connectivity index (χ1n) is 5.88. The van der Waals surface area contributed by atoms with E-state index in [1.54, 1.807) is 18.2 Å². The molecule has 2 aromatic rings. The molecule has 0 unspecified atom stereocenters. The Labute approximate surface area is 123 Å². The van der Waals surface area contributed by atoms with Gasteiger partial charge in [-0.2, -0.15) is 13.2 Å². The number of alkyl halides is 3. The van der Waals surface area contributed by atoms with Gasteiger partial charge in [0, 0.05) is 16.9 Å². The van der Waals surface area contributed by atoms with Gasteiger partial charge in [-0.1, -0.05) is 17.7 Å². The number of anilines is 1. The van der Waals surface area contributed by atoms with Crippen LogP contribution < -0.4 is 5.32 Å². The molecule has 0 bridgehead atoms. The maximum Gasteiger partial charge on any atom is 0.433 e. The van der Waals surface area contributed by atoms with Crippen LogP contribution >= 0.6 is 11.6 Å². The maximum absolute atomic E-state index is 12.4. The molecule has 21 heavy (non-hydrogen) atoms. The standard InChI is InChI=1S/C14H10ClF3N2O/c1-8-2-4-10(6-11(8)15)20-13(21)9-3-5-12(19-7-9)14(16,17)18/h2-7H,1H3,(H,20,21). The fraction of sp³-hybridized carbons (Fsp3) is 0.143. The van der Waals surface area contributed by atoms with Crippen LogP contribution in [-0.2, 0) is 6.18 Å². The maximum atomic E-state index is 12.4. The highest BCUT2D eigenvalue weighted by molar-refractivity contribution is 6.31. The molecule has 0 saturated carbocycles. The Balaban J connectivity index is 2.15. The highest BCUT2D eigenvalue weighted by atomic mass is 35.5. The van der Waals surface area contributed by atoms with Crippen molar-refractivity contribution in [2.75, 3.05) is 5.32 Å². The number of hydrogen-bond acceptors (Lipinski definition) is 2. The van der Waals surface area contributed by atoms with Crippen LogP contribution in [0.5, 0.6) is 0 Å². The van der Waals surface area contributed by atoms with Gasteiger partial charge < -0.3 is 5.32 Å². The van der Waals surface area contributed by atoms with Crippen LogP contribution in [0.2, 0.25) is 5.02 Å². The lowest BCUT2D eigenvalue weighted by Crippen LogP contribution is -2.14. The van der Waals surface area contributed by atoms with E-state index in [1.165, 1.54) is 0 Å². The number of aromatic nitrogens is 1. The summed E-state index contributed by atoms with van der Waals surface area (Å²) in [5, 5.41) is 3.02. The van der Waals surface area contributed by atoms with Crippen molar-refractivity contribution in [1.82, 2.24) is 4.98 Å². The number of nitrogens with zero attached hydrogens (tertiary/aromatic N) is 1. The molecule has 2 rings (SSSR count). The third-order valence-electron chi connectivity index (χ3n) is 2.75. The fourth-order valence-corrected chi connectivity index (χ4v) is 1.75. The summed E-state index contributed by atoms with van der Waals surface area (Å²) in [6.07, 6.45) is -3.65. The average molecular weight is 315 g/mol. The van der Waals surface area contributed by atoms with Crippen LogP contribution in [0.25, 0.3) is 0 Å². The zero-order chi connectivity index (χ0) is 15.6. The Bertz CT molecular complexity index is 669. The molecule has 0 fully saturated rings. The number of rotatable bonds is 2. The van der Waals surface area contributed by atoms with E-state index in [1.807, 2.05) is 6.92 Å². The second kappa shape index (κ2) is 5.73. The molecular formula is C14H10ClF3N2O. The van der Waals surface area contributed by atoms with E-state index in [4.69, 9.17) is 11.6 Å². The smallest absolute Gasteiger partial charge is 0.322 e. The molecule has 0 aliphatic rings.